The molecule has 0 atom stereocenters. The first kappa shape index (κ1) is 8.44. The van der Waals surface area contributed by atoms with Crippen molar-refractivity contribution in [3.05, 3.63) is 29.8 Å². The van der Waals surface area contributed by atoms with Crippen LogP contribution in [0.1, 0.15) is 0 Å². The predicted octanol–water partition coefficient (Wildman–Crippen LogP) is 1.11. The molecule has 0 saturated carbocycles. The number of nitrogens with two attached hydrogens (primary N) is 1. The van der Waals surface area contributed by atoms with Crippen molar-refractivity contribution in [1.82, 2.24) is 0 Å². The highest BCUT2D eigenvalue weighted by molar-refractivity contribution is 5.49. The Hall–Kier alpha value is -1.16. The Labute approximate surface area is 75.0 Å². The van der Waals surface area contributed by atoms with E-state index in [9.17, 15) is 8.78 Å². The molecule has 0 amide bonds. The molecule has 0 bridgehead atoms. The molecular formula is C9H10F2N2. The molecule has 0 spiro atoms. The molecule has 13 heavy (non-hydrogen) atoms. The molecule has 70 valence electrons. The quantitative estimate of drug-likeness (QED) is 0.708. The topological polar surface area (TPSA) is 29.3 Å². The highest BCUT2D eigenvalue weighted by Crippen LogP contribution is 2.21. The number of hydrogen-bond donors (Lipinski definition) is 1. The number of rotatable bonds is 1. The summed E-state index contributed by atoms with van der Waals surface area (Å²) in [7, 11) is 0. The zero-order valence-corrected chi connectivity index (χ0v) is 7.00. The number of benzene rings is 1. The van der Waals surface area contributed by atoms with Gasteiger partial charge in [0.15, 0.2) is 11.6 Å². The molecule has 1 fully saturated rings. The Kier molecular flexibility index (Phi) is 1.92. The van der Waals surface area contributed by atoms with Gasteiger partial charge in [-0.25, -0.2) is 8.78 Å². The first-order valence-electron chi connectivity index (χ1n) is 4.12. The third-order valence-electron chi connectivity index (χ3n) is 2.18. The highest BCUT2D eigenvalue weighted by atomic mass is 19.2. The van der Waals surface area contributed by atoms with Gasteiger partial charge in [-0.2, -0.15) is 0 Å². The van der Waals surface area contributed by atoms with Crippen LogP contribution < -0.4 is 10.6 Å². The van der Waals surface area contributed by atoms with E-state index in [1.165, 1.54) is 6.07 Å². The van der Waals surface area contributed by atoms with Gasteiger partial charge in [-0.15, -0.1) is 0 Å². The van der Waals surface area contributed by atoms with Crippen LogP contribution in [0.15, 0.2) is 18.2 Å². The van der Waals surface area contributed by atoms with Crippen molar-refractivity contribution >= 4 is 5.69 Å². The van der Waals surface area contributed by atoms with Crippen molar-refractivity contribution in [2.24, 2.45) is 5.73 Å². The fourth-order valence-electron chi connectivity index (χ4n) is 1.41. The molecule has 0 aliphatic carbocycles. The van der Waals surface area contributed by atoms with Gasteiger partial charge in [-0.3, -0.25) is 0 Å². The summed E-state index contributed by atoms with van der Waals surface area (Å²) in [4.78, 5) is 1.91. The molecular weight excluding hydrogens is 174 g/mol. The Morgan fingerprint density at radius 2 is 1.92 bits per heavy atom. The fraction of sp³-hybridized carbons (Fsp3) is 0.333. The molecule has 1 heterocycles. The number of halogens is 2. The molecule has 0 aromatic heterocycles. The summed E-state index contributed by atoms with van der Waals surface area (Å²) >= 11 is 0. The molecule has 2 N–H and O–H groups in total. The van der Waals surface area contributed by atoms with Crippen molar-refractivity contribution in [1.29, 1.82) is 0 Å². The van der Waals surface area contributed by atoms with E-state index in [4.69, 9.17) is 5.73 Å². The lowest BCUT2D eigenvalue weighted by atomic mass is 10.1. The van der Waals surface area contributed by atoms with Crippen LogP contribution in [0.3, 0.4) is 0 Å². The summed E-state index contributed by atoms with van der Waals surface area (Å²) in [5, 5.41) is 0. The van der Waals surface area contributed by atoms with Gasteiger partial charge >= 0.3 is 0 Å². The van der Waals surface area contributed by atoms with Crippen LogP contribution in [0.2, 0.25) is 0 Å². The maximum Gasteiger partial charge on any atom is 0.160 e. The van der Waals surface area contributed by atoms with E-state index in [1.807, 2.05) is 4.90 Å². The van der Waals surface area contributed by atoms with Crippen molar-refractivity contribution in [3.63, 3.8) is 0 Å². The number of anilines is 1. The Bertz CT molecular complexity index is 321. The lowest BCUT2D eigenvalue weighted by Gasteiger charge is -2.38. The van der Waals surface area contributed by atoms with Crippen molar-refractivity contribution in [2.75, 3.05) is 18.0 Å². The second kappa shape index (κ2) is 2.96. The summed E-state index contributed by atoms with van der Waals surface area (Å²) in [5.74, 6) is -1.62. The van der Waals surface area contributed by atoms with E-state index in [2.05, 4.69) is 0 Å². The van der Waals surface area contributed by atoms with Crippen molar-refractivity contribution in [2.45, 2.75) is 6.04 Å². The van der Waals surface area contributed by atoms with Gasteiger partial charge < -0.3 is 10.6 Å². The lowest BCUT2D eigenvalue weighted by molar-refractivity contribution is 0.498. The molecule has 1 aromatic rings. The summed E-state index contributed by atoms with van der Waals surface area (Å²) in [6.07, 6.45) is 0. The molecule has 4 heteroatoms. The van der Waals surface area contributed by atoms with Gasteiger partial charge in [0.1, 0.15) is 0 Å². The molecule has 1 aliphatic rings. The molecule has 1 aromatic carbocycles. The van der Waals surface area contributed by atoms with Crippen molar-refractivity contribution in [3.8, 4) is 0 Å². The minimum atomic E-state index is -0.812. The fourth-order valence-corrected chi connectivity index (χ4v) is 1.41. The second-order valence-electron chi connectivity index (χ2n) is 3.26. The first-order chi connectivity index (χ1) is 6.16. The third-order valence-corrected chi connectivity index (χ3v) is 2.18. The summed E-state index contributed by atoms with van der Waals surface area (Å²) in [6, 6.07) is 4.05. The standard InChI is InChI=1S/C9H10F2N2/c10-8-2-1-7(3-9(8)11)13-4-6(12)5-13/h1-3,6H,4-5,12H2. The summed E-state index contributed by atoms with van der Waals surface area (Å²) < 4.78 is 25.3. The molecule has 2 nitrogen and oxygen atoms in total. The Balaban J connectivity index is 2.18. The molecule has 1 saturated heterocycles. The average molecular weight is 184 g/mol. The van der Waals surface area contributed by atoms with Crippen LogP contribution in [-0.4, -0.2) is 19.1 Å². The van der Waals surface area contributed by atoms with E-state index in [0.29, 0.717) is 18.8 Å². The number of nitrogens with zero attached hydrogens (tertiary/aromatic N) is 1. The van der Waals surface area contributed by atoms with E-state index in [0.717, 1.165) is 6.07 Å². The maximum atomic E-state index is 12.8. The lowest BCUT2D eigenvalue weighted by Crippen LogP contribution is -2.55. The molecule has 0 radical (unpaired) electrons. The van der Waals surface area contributed by atoms with Crippen LogP contribution in [0.4, 0.5) is 14.5 Å². The van der Waals surface area contributed by atoms with Gasteiger partial charge in [0.2, 0.25) is 0 Å². The van der Waals surface area contributed by atoms with Crippen molar-refractivity contribution < 1.29 is 8.78 Å². The molecule has 1 aliphatic heterocycles. The van der Waals surface area contributed by atoms with E-state index >= 15 is 0 Å². The third kappa shape index (κ3) is 1.49. The van der Waals surface area contributed by atoms with Gasteiger partial charge in [0.05, 0.1) is 0 Å². The number of hydrogen-bond acceptors (Lipinski definition) is 2. The van der Waals surface area contributed by atoms with Crippen LogP contribution in [0.5, 0.6) is 0 Å². The van der Waals surface area contributed by atoms with Gasteiger partial charge in [0, 0.05) is 30.9 Å². The second-order valence-corrected chi connectivity index (χ2v) is 3.26. The minimum absolute atomic E-state index is 0.160. The van der Waals surface area contributed by atoms with E-state index in [1.54, 1.807) is 6.07 Å². The molecule has 2 rings (SSSR count). The largest absolute Gasteiger partial charge is 0.368 e. The summed E-state index contributed by atoms with van der Waals surface area (Å²) in [6.45, 7) is 1.43. The monoisotopic (exact) mass is 184 g/mol. The zero-order valence-electron chi connectivity index (χ0n) is 7.00. The van der Waals surface area contributed by atoms with Crippen LogP contribution >= 0.6 is 0 Å². The normalized spacial score (nSPS) is 17.3. The molecule has 0 unspecified atom stereocenters. The average Bonchev–Trinajstić information content (AvgIpc) is 2.05. The first-order valence-corrected chi connectivity index (χ1v) is 4.12. The van der Waals surface area contributed by atoms with Crippen LogP contribution in [0, 0.1) is 11.6 Å². The smallest absolute Gasteiger partial charge is 0.160 e. The van der Waals surface area contributed by atoms with Gasteiger partial charge in [0.25, 0.3) is 0 Å². The summed E-state index contributed by atoms with van der Waals surface area (Å²) in [5.41, 5.74) is 6.26. The SMILES string of the molecule is NC1CN(c2ccc(F)c(F)c2)C1. The minimum Gasteiger partial charge on any atom is -0.368 e. The Morgan fingerprint density at radius 3 is 2.46 bits per heavy atom. The maximum absolute atomic E-state index is 12.8. The highest BCUT2D eigenvalue weighted by Gasteiger charge is 2.23. The van der Waals surface area contributed by atoms with Crippen LogP contribution in [-0.2, 0) is 0 Å². The van der Waals surface area contributed by atoms with Gasteiger partial charge in [-0.05, 0) is 12.1 Å². The van der Waals surface area contributed by atoms with E-state index in [-0.39, 0.29) is 6.04 Å². The predicted molar refractivity (Wildman–Crippen MR) is 46.5 cm³/mol. The Morgan fingerprint density at radius 1 is 1.23 bits per heavy atom. The van der Waals surface area contributed by atoms with E-state index < -0.39 is 11.6 Å². The zero-order chi connectivity index (χ0) is 9.42. The van der Waals surface area contributed by atoms with Crippen LogP contribution in [0.25, 0.3) is 0 Å². The van der Waals surface area contributed by atoms with Gasteiger partial charge in [-0.1, -0.05) is 0 Å².